The summed E-state index contributed by atoms with van der Waals surface area (Å²) in [6, 6.07) is 5.95. The van der Waals surface area contributed by atoms with Gasteiger partial charge in [-0.2, -0.15) is 5.48 Å². The second kappa shape index (κ2) is 8.92. The van der Waals surface area contributed by atoms with Crippen molar-refractivity contribution < 1.29 is 38.2 Å². The molecular weight excluding hydrogens is 412 g/mol. The van der Waals surface area contributed by atoms with E-state index in [0.717, 1.165) is 0 Å². The number of rotatable bonds is 5. The molecule has 3 N–H and O–H groups in total. The molecule has 0 bridgehead atoms. The van der Waals surface area contributed by atoms with E-state index in [-0.39, 0.29) is 23.6 Å². The first-order valence-electron chi connectivity index (χ1n) is 9.44. The molecule has 11 nitrogen and oxygen atoms in total. The number of carbonyl (C=O) groups is 2. The summed E-state index contributed by atoms with van der Waals surface area (Å²) in [5, 5.41) is 13.1. The monoisotopic (exact) mass is 436 g/mol. The third kappa shape index (κ3) is 5.13. The average molecular weight is 436 g/mol. The van der Waals surface area contributed by atoms with Gasteiger partial charge in [-0.1, -0.05) is 0 Å². The number of methoxy groups -OCH3 is 1. The number of amides is 2. The van der Waals surface area contributed by atoms with E-state index in [9.17, 15) is 19.5 Å². The zero-order chi connectivity index (χ0) is 22.8. The molecule has 1 aromatic carbocycles. The number of aliphatic hydroxyl groups is 1. The molecule has 0 spiro atoms. The molecule has 1 saturated heterocycles. The summed E-state index contributed by atoms with van der Waals surface area (Å²) < 4.78 is 21.3. The van der Waals surface area contributed by atoms with Crippen LogP contribution in [0.4, 0.5) is 10.5 Å². The van der Waals surface area contributed by atoms with Crippen molar-refractivity contribution in [1.29, 1.82) is 0 Å². The topological polar surface area (TPSA) is 146 Å². The largest absolute Gasteiger partial charge is 0.441 e. The molecule has 3 rings (SSSR count). The number of hydrogen-bond acceptors (Lipinski definition) is 9. The summed E-state index contributed by atoms with van der Waals surface area (Å²) >= 11 is 0. The Hall–Kier alpha value is -3.15. The highest BCUT2D eigenvalue weighted by Crippen LogP contribution is 2.29. The number of anilines is 1. The minimum Gasteiger partial charge on any atom is -0.438 e. The Kier molecular flexibility index (Phi) is 6.48. The van der Waals surface area contributed by atoms with Crippen molar-refractivity contribution in [3.05, 3.63) is 34.7 Å². The summed E-state index contributed by atoms with van der Waals surface area (Å²) in [6.45, 7) is 4.78. The van der Waals surface area contributed by atoms with E-state index in [1.807, 2.05) is 0 Å². The maximum atomic E-state index is 12.2. The summed E-state index contributed by atoms with van der Waals surface area (Å²) in [7, 11) is 1.43. The average Bonchev–Trinajstić information content (AvgIpc) is 2.69. The van der Waals surface area contributed by atoms with Gasteiger partial charge in [0.15, 0.2) is 11.9 Å². The number of carbonyl (C=O) groups excluding carboxylic acids is 2. The first kappa shape index (κ1) is 22.5. The van der Waals surface area contributed by atoms with Crippen LogP contribution in [-0.4, -0.2) is 54.7 Å². The van der Waals surface area contributed by atoms with Crippen molar-refractivity contribution in [3.63, 3.8) is 0 Å². The number of nitrogens with one attached hydrogen (secondary N) is 2. The van der Waals surface area contributed by atoms with Gasteiger partial charge in [-0.25, -0.2) is 9.59 Å². The van der Waals surface area contributed by atoms with Crippen LogP contribution in [-0.2, 0) is 19.0 Å². The third-order valence-corrected chi connectivity index (χ3v) is 4.76. The van der Waals surface area contributed by atoms with Crippen molar-refractivity contribution in [2.45, 2.75) is 44.7 Å². The Labute approximate surface area is 177 Å². The lowest BCUT2D eigenvalue weighted by atomic mass is 9.90. The lowest BCUT2D eigenvalue weighted by molar-refractivity contribution is -0.231. The highest BCUT2D eigenvalue weighted by Gasteiger charge is 2.47. The van der Waals surface area contributed by atoms with Crippen LogP contribution in [0.2, 0.25) is 0 Å². The Balaban J connectivity index is 1.67. The van der Waals surface area contributed by atoms with E-state index in [1.165, 1.54) is 32.2 Å². The van der Waals surface area contributed by atoms with E-state index in [2.05, 4.69) is 10.8 Å². The van der Waals surface area contributed by atoms with Crippen LogP contribution < -0.4 is 21.3 Å². The fourth-order valence-corrected chi connectivity index (χ4v) is 3.31. The van der Waals surface area contributed by atoms with Crippen LogP contribution in [0.5, 0.6) is 5.75 Å². The molecule has 3 unspecified atom stereocenters. The standard InChI is InChI=1S/C20H24N2O9/c1-10(23)21-13-7-11-5-6-12(8-15(11)29-18(13)25)31-22-19(26)30-16-14(24)9-28-20(2,3)17(16)27-4/h5-8,14,16-17,24H,9H2,1-4H3,(H,21,23)(H,22,26). The van der Waals surface area contributed by atoms with Gasteiger partial charge in [0.05, 0.1) is 12.2 Å². The lowest BCUT2D eigenvalue weighted by Crippen LogP contribution is -2.60. The minimum absolute atomic E-state index is 0.0148. The van der Waals surface area contributed by atoms with Crippen molar-refractivity contribution in [2.75, 3.05) is 19.0 Å². The number of hydrogen-bond donors (Lipinski definition) is 3. The van der Waals surface area contributed by atoms with Gasteiger partial charge in [0, 0.05) is 25.5 Å². The Morgan fingerprint density at radius 2 is 2.00 bits per heavy atom. The van der Waals surface area contributed by atoms with Gasteiger partial charge >= 0.3 is 11.7 Å². The molecule has 31 heavy (non-hydrogen) atoms. The highest BCUT2D eigenvalue weighted by atomic mass is 16.7. The van der Waals surface area contributed by atoms with Gasteiger partial charge in [-0.15, -0.1) is 0 Å². The highest BCUT2D eigenvalue weighted by molar-refractivity contribution is 5.91. The SMILES string of the molecule is COC1C(OC(=O)NOc2ccc3cc(NC(C)=O)c(=O)oc3c2)C(O)COC1(C)C. The van der Waals surface area contributed by atoms with Gasteiger partial charge in [-0.05, 0) is 32.0 Å². The van der Waals surface area contributed by atoms with Gasteiger partial charge < -0.3 is 33.9 Å². The summed E-state index contributed by atoms with van der Waals surface area (Å²) in [5.74, 6) is -0.237. The quantitative estimate of drug-likeness (QED) is 0.467. The van der Waals surface area contributed by atoms with Gasteiger partial charge in [0.1, 0.15) is 23.5 Å². The molecule has 0 aliphatic carbocycles. The minimum atomic E-state index is -1.07. The molecule has 1 aliphatic rings. The van der Waals surface area contributed by atoms with Gasteiger partial charge in [0.2, 0.25) is 5.91 Å². The number of hydroxylamine groups is 1. The number of ether oxygens (including phenoxy) is 3. The number of aliphatic hydroxyl groups excluding tert-OH is 1. The lowest BCUT2D eigenvalue weighted by Gasteiger charge is -2.44. The third-order valence-electron chi connectivity index (χ3n) is 4.76. The predicted octanol–water partition coefficient (Wildman–Crippen LogP) is 1.32. The number of fused-ring (bicyclic) bond motifs is 1. The fraction of sp³-hybridized carbons (Fsp3) is 0.450. The molecule has 0 radical (unpaired) electrons. The molecule has 168 valence electrons. The van der Waals surface area contributed by atoms with Gasteiger partial charge in [-0.3, -0.25) is 4.79 Å². The van der Waals surface area contributed by atoms with E-state index in [1.54, 1.807) is 19.9 Å². The Morgan fingerprint density at radius 1 is 1.26 bits per heavy atom. The van der Waals surface area contributed by atoms with Crippen molar-refractivity contribution >= 4 is 28.7 Å². The molecule has 1 aromatic heterocycles. The van der Waals surface area contributed by atoms with E-state index in [0.29, 0.717) is 5.39 Å². The number of benzene rings is 1. The molecule has 0 saturated carbocycles. The maximum Gasteiger partial charge on any atom is 0.441 e. The molecule has 2 aromatic rings. The van der Waals surface area contributed by atoms with Crippen LogP contribution in [0, 0.1) is 0 Å². The molecular formula is C20H24N2O9. The molecule has 1 fully saturated rings. The Bertz CT molecular complexity index is 1030. The van der Waals surface area contributed by atoms with Crippen LogP contribution in [0.3, 0.4) is 0 Å². The second-order valence-electron chi connectivity index (χ2n) is 7.54. The zero-order valence-corrected chi connectivity index (χ0v) is 17.5. The maximum absolute atomic E-state index is 12.2. The molecule has 3 atom stereocenters. The van der Waals surface area contributed by atoms with E-state index < -0.39 is 41.5 Å². The summed E-state index contributed by atoms with van der Waals surface area (Å²) in [6.07, 6.45) is -3.70. The first-order chi connectivity index (χ1) is 14.6. The van der Waals surface area contributed by atoms with Crippen LogP contribution in [0.25, 0.3) is 11.0 Å². The molecule has 11 heteroatoms. The molecule has 2 amide bonds. The predicted molar refractivity (Wildman–Crippen MR) is 108 cm³/mol. The van der Waals surface area contributed by atoms with Crippen LogP contribution in [0.1, 0.15) is 20.8 Å². The zero-order valence-electron chi connectivity index (χ0n) is 17.5. The van der Waals surface area contributed by atoms with E-state index >= 15 is 0 Å². The first-order valence-corrected chi connectivity index (χ1v) is 9.44. The molecule has 1 aliphatic heterocycles. The summed E-state index contributed by atoms with van der Waals surface area (Å²) in [4.78, 5) is 40.5. The molecule has 2 heterocycles. The van der Waals surface area contributed by atoms with Crippen LogP contribution >= 0.6 is 0 Å². The van der Waals surface area contributed by atoms with Crippen molar-refractivity contribution in [3.8, 4) is 5.75 Å². The Morgan fingerprint density at radius 3 is 2.68 bits per heavy atom. The smallest absolute Gasteiger partial charge is 0.438 e. The second-order valence-corrected chi connectivity index (χ2v) is 7.54. The van der Waals surface area contributed by atoms with Crippen molar-refractivity contribution in [1.82, 2.24) is 5.48 Å². The normalized spacial score (nSPS) is 22.5. The fourth-order valence-electron chi connectivity index (χ4n) is 3.31. The van der Waals surface area contributed by atoms with Gasteiger partial charge in [0.25, 0.3) is 0 Å². The van der Waals surface area contributed by atoms with Crippen molar-refractivity contribution in [2.24, 2.45) is 0 Å². The van der Waals surface area contributed by atoms with E-state index in [4.69, 9.17) is 23.5 Å². The van der Waals surface area contributed by atoms with Crippen LogP contribution in [0.15, 0.2) is 33.5 Å². The summed E-state index contributed by atoms with van der Waals surface area (Å²) in [5.41, 5.74) is 0.813.